The lowest BCUT2D eigenvalue weighted by Crippen LogP contribution is -2.33. The number of nitrogens with one attached hydrogen (secondary N) is 1. The summed E-state index contributed by atoms with van der Waals surface area (Å²) in [5.74, 6) is 0.604. The molecule has 5 nitrogen and oxygen atoms in total. The van der Waals surface area contributed by atoms with Gasteiger partial charge in [-0.3, -0.25) is 4.79 Å². The van der Waals surface area contributed by atoms with Gasteiger partial charge in [-0.15, -0.1) is 0 Å². The van der Waals surface area contributed by atoms with Gasteiger partial charge in [0.1, 0.15) is 5.75 Å². The molecular weight excluding hydrogens is 304 g/mol. The number of benzene rings is 2. The summed E-state index contributed by atoms with van der Waals surface area (Å²) in [7, 11) is 0. The number of carbonyl (C=O) groups excluding carboxylic acids is 1. The van der Waals surface area contributed by atoms with Crippen molar-refractivity contribution in [1.82, 2.24) is 5.32 Å². The van der Waals surface area contributed by atoms with Crippen molar-refractivity contribution in [3.8, 4) is 5.75 Å². The lowest BCUT2D eigenvalue weighted by Gasteiger charge is -2.10. The molecule has 0 radical (unpaired) electrons. The predicted octanol–water partition coefficient (Wildman–Crippen LogP) is 3.14. The number of oxime groups is 1. The zero-order chi connectivity index (χ0) is 17.2. The molecule has 24 heavy (non-hydrogen) atoms. The molecule has 1 amide bonds. The van der Waals surface area contributed by atoms with E-state index in [0.29, 0.717) is 13.2 Å². The molecule has 0 aromatic heterocycles. The van der Waals surface area contributed by atoms with Crippen molar-refractivity contribution in [2.75, 3.05) is 6.61 Å². The first-order chi connectivity index (χ1) is 11.7. The topological polar surface area (TPSA) is 59.9 Å². The van der Waals surface area contributed by atoms with Crippen LogP contribution in [0.25, 0.3) is 0 Å². The Hall–Kier alpha value is -2.82. The van der Waals surface area contributed by atoms with E-state index in [1.807, 2.05) is 61.5 Å². The summed E-state index contributed by atoms with van der Waals surface area (Å²) >= 11 is 0. The van der Waals surface area contributed by atoms with Crippen LogP contribution in [0.1, 0.15) is 25.0 Å². The summed E-state index contributed by atoms with van der Waals surface area (Å²) in [5.41, 5.74) is 1.91. The highest BCUT2D eigenvalue weighted by atomic mass is 16.6. The smallest absolute Gasteiger partial charge is 0.263 e. The minimum Gasteiger partial charge on any atom is -0.494 e. The highest BCUT2D eigenvalue weighted by molar-refractivity contribution is 5.81. The van der Waals surface area contributed by atoms with Crippen LogP contribution in [-0.2, 0) is 16.2 Å². The van der Waals surface area contributed by atoms with E-state index in [1.54, 1.807) is 13.1 Å². The van der Waals surface area contributed by atoms with Gasteiger partial charge in [-0.05, 0) is 49.2 Å². The van der Waals surface area contributed by atoms with E-state index in [1.165, 1.54) is 0 Å². The van der Waals surface area contributed by atoms with E-state index in [2.05, 4.69) is 10.5 Å². The Balaban J connectivity index is 1.76. The van der Waals surface area contributed by atoms with Crippen LogP contribution >= 0.6 is 0 Å². The molecule has 0 aliphatic heterocycles. The fourth-order valence-corrected chi connectivity index (χ4v) is 1.98. The zero-order valence-electron chi connectivity index (χ0n) is 13.9. The summed E-state index contributed by atoms with van der Waals surface area (Å²) < 4.78 is 5.37. The van der Waals surface area contributed by atoms with Gasteiger partial charge in [0.25, 0.3) is 5.91 Å². The number of carbonyl (C=O) groups is 1. The van der Waals surface area contributed by atoms with Crippen molar-refractivity contribution in [3.05, 3.63) is 65.7 Å². The molecule has 0 aliphatic rings. The second-order valence-electron chi connectivity index (χ2n) is 5.19. The molecule has 126 valence electrons. The highest BCUT2D eigenvalue weighted by Gasteiger charge is 2.13. The van der Waals surface area contributed by atoms with Crippen molar-refractivity contribution >= 4 is 12.1 Å². The van der Waals surface area contributed by atoms with Crippen molar-refractivity contribution in [1.29, 1.82) is 0 Å². The molecule has 2 aromatic rings. The Morgan fingerprint density at radius 1 is 1.17 bits per heavy atom. The van der Waals surface area contributed by atoms with Gasteiger partial charge in [-0.25, -0.2) is 0 Å². The van der Waals surface area contributed by atoms with E-state index >= 15 is 0 Å². The van der Waals surface area contributed by atoms with Crippen molar-refractivity contribution in [2.45, 2.75) is 26.5 Å². The number of hydrogen-bond donors (Lipinski definition) is 1. The number of nitrogens with zero attached hydrogens (tertiary/aromatic N) is 1. The molecular formula is C19H22N2O3. The van der Waals surface area contributed by atoms with E-state index < -0.39 is 6.10 Å². The number of hydrogen-bond acceptors (Lipinski definition) is 4. The van der Waals surface area contributed by atoms with Crippen LogP contribution in [0.15, 0.2) is 59.8 Å². The SMILES string of the molecule is CCOc1ccc(/C=N\O[C@H](C)C(=O)NCc2ccccc2)cc1. The quantitative estimate of drug-likeness (QED) is 0.599. The Kier molecular flexibility index (Phi) is 6.83. The summed E-state index contributed by atoms with van der Waals surface area (Å²) in [6.45, 7) is 4.70. The Bertz CT molecular complexity index is 654. The zero-order valence-corrected chi connectivity index (χ0v) is 13.9. The van der Waals surface area contributed by atoms with Gasteiger partial charge in [0.15, 0.2) is 0 Å². The van der Waals surface area contributed by atoms with Gasteiger partial charge in [-0.1, -0.05) is 35.5 Å². The molecule has 2 rings (SSSR count). The first kappa shape index (κ1) is 17.5. The molecule has 0 saturated heterocycles. The Labute approximate surface area is 142 Å². The van der Waals surface area contributed by atoms with Crippen molar-refractivity contribution < 1.29 is 14.4 Å². The molecule has 0 bridgehead atoms. The fourth-order valence-electron chi connectivity index (χ4n) is 1.98. The van der Waals surface area contributed by atoms with E-state index in [-0.39, 0.29) is 5.91 Å². The number of ether oxygens (including phenoxy) is 1. The minimum atomic E-state index is -0.660. The van der Waals surface area contributed by atoms with Gasteiger partial charge in [0.05, 0.1) is 12.8 Å². The Morgan fingerprint density at radius 3 is 2.54 bits per heavy atom. The van der Waals surface area contributed by atoms with Gasteiger partial charge in [0, 0.05) is 6.54 Å². The number of rotatable bonds is 8. The summed E-state index contributed by atoms with van der Waals surface area (Å²) in [5, 5.41) is 6.68. The van der Waals surface area contributed by atoms with E-state index in [9.17, 15) is 4.79 Å². The molecule has 5 heteroatoms. The highest BCUT2D eigenvalue weighted by Crippen LogP contribution is 2.10. The van der Waals surface area contributed by atoms with Crippen LogP contribution in [-0.4, -0.2) is 24.8 Å². The second kappa shape index (κ2) is 9.35. The normalized spacial score (nSPS) is 11.9. The van der Waals surface area contributed by atoms with Crippen molar-refractivity contribution in [2.24, 2.45) is 5.16 Å². The Morgan fingerprint density at radius 2 is 1.88 bits per heavy atom. The lowest BCUT2D eigenvalue weighted by atomic mass is 10.2. The lowest BCUT2D eigenvalue weighted by molar-refractivity contribution is -0.131. The van der Waals surface area contributed by atoms with Gasteiger partial charge in [0.2, 0.25) is 6.10 Å². The number of amides is 1. The average molecular weight is 326 g/mol. The van der Waals surface area contributed by atoms with Crippen LogP contribution in [0.4, 0.5) is 0 Å². The van der Waals surface area contributed by atoms with Crippen LogP contribution in [0.2, 0.25) is 0 Å². The first-order valence-electron chi connectivity index (χ1n) is 7.92. The molecule has 0 heterocycles. The third-order valence-electron chi connectivity index (χ3n) is 3.29. The van der Waals surface area contributed by atoms with E-state index in [0.717, 1.165) is 16.9 Å². The fraction of sp³-hybridized carbons (Fsp3) is 0.263. The van der Waals surface area contributed by atoms with Gasteiger partial charge in [-0.2, -0.15) is 0 Å². The summed E-state index contributed by atoms with van der Waals surface area (Å²) in [6.07, 6.45) is 0.907. The summed E-state index contributed by atoms with van der Waals surface area (Å²) in [4.78, 5) is 17.1. The molecule has 1 N–H and O–H groups in total. The van der Waals surface area contributed by atoms with E-state index in [4.69, 9.17) is 9.57 Å². The maximum absolute atomic E-state index is 11.9. The molecule has 0 unspecified atom stereocenters. The van der Waals surface area contributed by atoms with Gasteiger partial charge >= 0.3 is 0 Å². The molecule has 2 aromatic carbocycles. The van der Waals surface area contributed by atoms with Crippen LogP contribution < -0.4 is 10.1 Å². The maximum atomic E-state index is 11.9. The van der Waals surface area contributed by atoms with Gasteiger partial charge < -0.3 is 14.9 Å². The second-order valence-corrected chi connectivity index (χ2v) is 5.19. The standard InChI is InChI=1S/C19H22N2O3/c1-3-23-18-11-9-17(10-12-18)14-21-24-15(2)19(22)20-13-16-7-5-4-6-8-16/h4-12,14-15H,3,13H2,1-2H3,(H,20,22)/b21-14-/t15-/m1/s1. The molecule has 0 spiro atoms. The molecule has 0 aliphatic carbocycles. The minimum absolute atomic E-state index is 0.206. The van der Waals surface area contributed by atoms with Crippen LogP contribution in [0.3, 0.4) is 0 Å². The monoisotopic (exact) mass is 326 g/mol. The van der Waals surface area contributed by atoms with Crippen LogP contribution in [0, 0.1) is 0 Å². The maximum Gasteiger partial charge on any atom is 0.263 e. The largest absolute Gasteiger partial charge is 0.494 e. The van der Waals surface area contributed by atoms with Crippen LogP contribution in [0.5, 0.6) is 5.75 Å². The summed E-state index contributed by atoms with van der Waals surface area (Å²) in [6, 6.07) is 17.2. The predicted molar refractivity (Wildman–Crippen MR) is 94.0 cm³/mol. The third-order valence-corrected chi connectivity index (χ3v) is 3.29. The van der Waals surface area contributed by atoms with Crippen molar-refractivity contribution in [3.63, 3.8) is 0 Å². The third kappa shape index (κ3) is 5.76. The first-order valence-corrected chi connectivity index (χ1v) is 7.92. The molecule has 1 atom stereocenters. The average Bonchev–Trinajstić information content (AvgIpc) is 2.62. The molecule has 0 fully saturated rings. The molecule has 0 saturated carbocycles.